The van der Waals surface area contributed by atoms with Crippen LogP contribution in [0.5, 0.6) is 0 Å². The summed E-state index contributed by atoms with van der Waals surface area (Å²) in [6.45, 7) is 16.5. The summed E-state index contributed by atoms with van der Waals surface area (Å²) in [7, 11) is -6.20. The Kier molecular flexibility index (Phi) is 9.74. The van der Waals surface area contributed by atoms with E-state index in [0.29, 0.717) is 5.76 Å². The number of hydrogen-bond donors (Lipinski definition) is 0. The topological polar surface area (TPSA) is 55.8 Å². The molecule has 188 valence electrons. The van der Waals surface area contributed by atoms with E-state index in [1.165, 1.54) is 4.31 Å². The summed E-state index contributed by atoms with van der Waals surface area (Å²) in [5.41, 5.74) is 4.80. The van der Waals surface area contributed by atoms with Gasteiger partial charge in [-0.3, -0.25) is 0 Å². The zero-order valence-electron chi connectivity index (χ0n) is 21.7. The average Bonchev–Trinajstić information content (AvgIpc) is 2.79. The zero-order chi connectivity index (χ0) is 26.3. The molecule has 0 aliphatic rings. The quantitative estimate of drug-likeness (QED) is 0.163. The Morgan fingerprint density at radius 3 is 2.23 bits per heavy atom. The Balaban J connectivity index is 2.43. The first-order valence-corrected chi connectivity index (χ1v) is 15.9. The van der Waals surface area contributed by atoms with Gasteiger partial charge < -0.3 is 9.16 Å². The van der Waals surface area contributed by atoms with Crippen LogP contribution in [0.25, 0.3) is 0 Å². The van der Waals surface area contributed by atoms with Crippen LogP contribution in [0, 0.1) is 19.3 Å². The summed E-state index contributed by atoms with van der Waals surface area (Å²) in [5, 5.41) is -0.107. The van der Waals surface area contributed by atoms with Crippen molar-refractivity contribution in [3.05, 3.63) is 83.8 Å². The lowest BCUT2D eigenvalue weighted by atomic mass is 10.2. The molecule has 2 aromatic rings. The molecule has 1 atom stereocenters. The smallest absolute Gasteiger partial charge is 0.244 e. The first-order valence-electron chi connectivity index (χ1n) is 11.6. The molecule has 1 unspecified atom stereocenters. The van der Waals surface area contributed by atoms with E-state index < -0.39 is 24.4 Å². The highest BCUT2D eigenvalue weighted by Gasteiger charge is 2.41. The molecule has 2 aromatic carbocycles. The molecule has 0 bridgehead atoms. The molecule has 0 spiro atoms. The van der Waals surface area contributed by atoms with E-state index in [1.807, 2.05) is 37.3 Å². The van der Waals surface area contributed by atoms with Gasteiger partial charge in [0.05, 0.1) is 11.4 Å². The Morgan fingerprint density at radius 2 is 1.71 bits per heavy atom. The van der Waals surface area contributed by atoms with Crippen molar-refractivity contribution in [3.63, 3.8) is 0 Å². The fraction of sp³-hybridized carbons (Fsp3) is 0.393. The van der Waals surface area contributed by atoms with Crippen molar-refractivity contribution in [1.82, 2.24) is 4.31 Å². The second kappa shape index (κ2) is 11.9. The molecule has 0 aromatic heterocycles. The van der Waals surface area contributed by atoms with Gasteiger partial charge in [0, 0.05) is 6.54 Å². The van der Waals surface area contributed by atoms with E-state index in [4.69, 9.17) is 15.6 Å². The summed E-state index contributed by atoms with van der Waals surface area (Å²) >= 11 is 0. The maximum atomic E-state index is 13.5. The Labute approximate surface area is 212 Å². The number of rotatable bonds is 11. The molecule has 2 rings (SSSR count). The number of sulfonamides is 1. The first-order chi connectivity index (χ1) is 16.3. The van der Waals surface area contributed by atoms with E-state index in [-0.39, 0.29) is 29.6 Å². The molecule has 7 heteroatoms. The number of hydrogen-bond acceptors (Lipinski definition) is 4. The van der Waals surface area contributed by atoms with Crippen LogP contribution < -0.4 is 0 Å². The first kappa shape index (κ1) is 28.6. The molecular weight excluding hydrogens is 474 g/mol. The third-order valence-electron chi connectivity index (χ3n) is 6.24. The molecule has 5 nitrogen and oxygen atoms in total. The van der Waals surface area contributed by atoms with Crippen LogP contribution in [0.2, 0.25) is 18.1 Å². The minimum absolute atomic E-state index is 0.0143. The van der Waals surface area contributed by atoms with Gasteiger partial charge in [0.1, 0.15) is 12.7 Å². The fourth-order valence-electron chi connectivity index (χ4n) is 3.09. The molecule has 0 aliphatic carbocycles. The molecule has 0 aliphatic heterocycles. The number of benzene rings is 2. The summed E-state index contributed by atoms with van der Waals surface area (Å²) in [6, 6.07) is 16.4. The molecule has 0 radical (unpaired) electrons. The molecule has 0 heterocycles. The van der Waals surface area contributed by atoms with Crippen molar-refractivity contribution in [2.24, 2.45) is 0 Å². The van der Waals surface area contributed by atoms with Gasteiger partial charge in [-0.25, -0.2) is 8.42 Å². The highest BCUT2D eigenvalue weighted by atomic mass is 32.2. The van der Waals surface area contributed by atoms with Gasteiger partial charge in [0.15, 0.2) is 14.1 Å². The molecule has 0 saturated heterocycles. The Bertz CT molecular complexity index is 1170. The zero-order valence-corrected chi connectivity index (χ0v) is 23.5. The summed E-state index contributed by atoms with van der Waals surface area (Å²) in [4.78, 5) is 0.179. The van der Waals surface area contributed by atoms with Crippen LogP contribution in [0.3, 0.4) is 0 Å². The van der Waals surface area contributed by atoms with Crippen LogP contribution in [-0.4, -0.2) is 40.2 Å². The van der Waals surface area contributed by atoms with Crippen LogP contribution >= 0.6 is 0 Å². The van der Waals surface area contributed by atoms with Gasteiger partial charge in [-0.1, -0.05) is 87.0 Å². The molecule has 35 heavy (non-hydrogen) atoms. The van der Waals surface area contributed by atoms with Crippen molar-refractivity contribution >= 4 is 18.3 Å². The van der Waals surface area contributed by atoms with Crippen molar-refractivity contribution in [2.75, 3.05) is 13.1 Å². The predicted molar refractivity (Wildman–Crippen MR) is 145 cm³/mol. The van der Waals surface area contributed by atoms with Gasteiger partial charge in [-0.2, -0.15) is 4.31 Å². The highest BCUT2D eigenvalue weighted by Crippen LogP contribution is 2.38. The lowest BCUT2D eigenvalue weighted by Gasteiger charge is -2.40. The monoisotopic (exact) mass is 511 g/mol. The van der Waals surface area contributed by atoms with Gasteiger partial charge in [-0.15, -0.1) is 6.42 Å². The number of terminal acetylenes is 1. The van der Waals surface area contributed by atoms with Gasteiger partial charge in [-0.05, 0) is 42.8 Å². The normalized spacial score (nSPS) is 13.1. The van der Waals surface area contributed by atoms with Crippen LogP contribution in [0.15, 0.2) is 77.6 Å². The number of ether oxygens (including phenoxy) is 1. The molecule has 0 fully saturated rings. The van der Waals surface area contributed by atoms with Crippen molar-refractivity contribution in [3.8, 4) is 12.3 Å². The third kappa shape index (κ3) is 7.70. The van der Waals surface area contributed by atoms with Crippen LogP contribution in [-0.2, 0) is 25.8 Å². The SMILES string of the molecule is C#CCN(CC(O[Si](C)(C)C(C)(C)C)C(=C=C)OCc1ccccc1)S(=O)(=O)c1ccc(C)cc1. The number of nitrogens with zero attached hydrogens (tertiary/aromatic N) is 1. The van der Waals surface area contributed by atoms with Gasteiger partial charge in [0.25, 0.3) is 0 Å². The van der Waals surface area contributed by atoms with E-state index >= 15 is 0 Å². The summed E-state index contributed by atoms with van der Waals surface area (Å²) < 4.78 is 41.1. The highest BCUT2D eigenvalue weighted by molar-refractivity contribution is 7.89. The second-order valence-electron chi connectivity index (χ2n) is 10.00. The fourth-order valence-corrected chi connectivity index (χ4v) is 5.69. The van der Waals surface area contributed by atoms with Gasteiger partial charge >= 0.3 is 0 Å². The lowest BCUT2D eigenvalue weighted by molar-refractivity contribution is 0.0899. The Morgan fingerprint density at radius 1 is 1.11 bits per heavy atom. The minimum atomic E-state index is -3.87. The third-order valence-corrected chi connectivity index (χ3v) is 12.6. The molecule has 0 N–H and O–H groups in total. The summed E-state index contributed by atoms with van der Waals surface area (Å²) in [5.74, 6) is 2.85. The standard InChI is InChI=1S/C28H37NO4SSi/c1-9-20-29(34(30,31)25-18-16-23(3)17-19-25)21-27(33-35(7,8)28(4,5)6)26(10-2)32-22-24-14-12-11-13-15-24/h1,11-19,27H,2,20-22H2,3-8H3. The van der Waals surface area contributed by atoms with Crippen LogP contribution in [0.4, 0.5) is 0 Å². The van der Waals surface area contributed by atoms with Crippen molar-refractivity contribution in [2.45, 2.75) is 63.4 Å². The van der Waals surface area contributed by atoms with E-state index in [2.05, 4.69) is 52.1 Å². The van der Waals surface area contributed by atoms with E-state index in [0.717, 1.165) is 11.1 Å². The van der Waals surface area contributed by atoms with E-state index in [9.17, 15) is 8.42 Å². The average molecular weight is 512 g/mol. The summed E-state index contributed by atoms with van der Waals surface area (Å²) in [6.07, 6.45) is 4.87. The second-order valence-corrected chi connectivity index (χ2v) is 16.7. The molecule has 0 amide bonds. The van der Waals surface area contributed by atoms with Crippen molar-refractivity contribution in [1.29, 1.82) is 0 Å². The largest absolute Gasteiger partial charge is 0.482 e. The maximum absolute atomic E-state index is 13.5. The van der Waals surface area contributed by atoms with Crippen molar-refractivity contribution < 1.29 is 17.6 Å². The van der Waals surface area contributed by atoms with Gasteiger partial charge in [0.2, 0.25) is 10.0 Å². The van der Waals surface area contributed by atoms with E-state index in [1.54, 1.807) is 24.3 Å². The number of aryl methyl sites for hydroxylation is 1. The minimum Gasteiger partial charge on any atom is -0.482 e. The Hall–Kier alpha value is -2.59. The lowest BCUT2D eigenvalue weighted by Crippen LogP contribution is -2.48. The predicted octanol–water partition coefficient (Wildman–Crippen LogP) is 5.89. The maximum Gasteiger partial charge on any atom is 0.244 e. The van der Waals surface area contributed by atoms with Crippen LogP contribution in [0.1, 0.15) is 31.9 Å². The molecular formula is C28H37NO4SSi. The molecule has 0 saturated carbocycles.